The summed E-state index contributed by atoms with van der Waals surface area (Å²) in [5.41, 5.74) is 1.19. The molecule has 176 valence electrons. The molecule has 0 saturated carbocycles. The maximum Gasteiger partial charge on any atom is 0.410 e. The molecule has 8 heteroatoms. The van der Waals surface area contributed by atoms with E-state index in [0.29, 0.717) is 39.3 Å². The van der Waals surface area contributed by atoms with Crippen molar-refractivity contribution in [1.29, 1.82) is 0 Å². The predicted molar refractivity (Wildman–Crippen MR) is 120 cm³/mol. The van der Waals surface area contributed by atoms with Crippen molar-refractivity contribution in [2.24, 2.45) is 0 Å². The summed E-state index contributed by atoms with van der Waals surface area (Å²) in [6, 6.07) is 10.2. The molecule has 0 radical (unpaired) electrons. The first-order valence-corrected chi connectivity index (χ1v) is 11.8. The first kappa shape index (κ1) is 23.9. The van der Waals surface area contributed by atoms with Gasteiger partial charge in [0.15, 0.2) is 0 Å². The minimum atomic E-state index is -0.239. The molecule has 2 heterocycles. The van der Waals surface area contributed by atoms with Crippen LogP contribution in [0.4, 0.5) is 9.59 Å². The van der Waals surface area contributed by atoms with Crippen LogP contribution in [0.25, 0.3) is 0 Å². The number of carbonyl (C=O) groups excluding carboxylic acids is 3. The van der Waals surface area contributed by atoms with Crippen LogP contribution in [0.5, 0.6) is 0 Å². The summed E-state index contributed by atoms with van der Waals surface area (Å²) in [6.07, 6.45) is 4.97. The molecule has 0 aliphatic carbocycles. The second-order valence-corrected chi connectivity index (χ2v) is 8.39. The van der Waals surface area contributed by atoms with Crippen molar-refractivity contribution in [1.82, 2.24) is 15.1 Å². The Morgan fingerprint density at radius 3 is 2.59 bits per heavy atom. The highest BCUT2D eigenvalue weighted by Crippen LogP contribution is 2.26. The number of urea groups is 1. The van der Waals surface area contributed by atoms with Crippen molar-refractivity contribution in [3.05, 3.63) is 35.9 Å². The Morgan fingerprint density at radius 2 is 1.88 bits per heavy atom. The lowest BCUT2D eigenvalue weighted by Gasteiger charge is -2.37. The molecule has 0 bridgehead atoms. The van der Waals surface area contributed by atoms with Gasteiger partial charge in [-0.2, -0.15) is 0 Å². The number of hydrogen-bond donors (Lipinski definition) is 1. The average molecular weight is 446 g/mol. The zero-order valence-corrected chi connectivity index (χ0v) is 19.0. The molecule has 2 saturated heterocycles. The van der Waals surface area contributed by atoms with Gasteiger partial charge in [0, 0.05) is 32.1 Å². The molecule has 2 fully saturated rings. The van der Waals surface area contributed by atoms with Crippen LogP contribution in [0.1, 0.15) is 51.0 Å². The number of esters is 1. The Labute approximate surface area is 190 Å². The summed E-state index contributed by atoms with van der Waals surface area (Å²) < 4.78 is 10.3. The van der Waals surface area contributed by atoms with E-state index >= 15 is 0 Å². The van der Waals surface area contributed by atoms with Crippen LogP contribution in [0.15, 0.2) is 30.3 Å². The number of amides is 3. The number of hydrogen-bond acceptors (Lipinski definition) is 5. The van der Waals surface area contributed by atoms with Gasteiger partial charge in [-0.1, -0.05) is 36.8 Å². The highest BCUT2D eigenvalue weighted by molar-refractivity contribution is 5.74. The normalized spacial score (nSPS) is 19.0. The summed E-state index contributed by atoms with van der Waals surface area (Å²) in [6.45, 7) is 4.49. The summed E-state index contributed by atoms with van der Waals surface area (Å²) in [5, 5.41) is 2.97. The summed E-state index contributed by atoms with van der Waals surface area (Å²) in [7, 11) is 0. The van der Waals surface area contributed by atoms with Crippen molar-refractivity contribution >= 4 is 18.1 Å². The number of ether oxygens (including phenoxy) is 2. The topological polar surface area (TPSA) is 88.2 Å². The number of carbonyl (C=O) groups is 3. The van der Waals surface area contributed by atoms with Gasteiger partial charge in [-0.3, -0.25) is 9.69 Å². The van der Waals surface area contributed by atoms with E-state index in [2.05, 4.69) is 17.4 Å². The Morgan fingerprint density at radius 1 is 1.12 bits per heavy atom. The SMILES string of the molecule is CCOC(=O)CCCCCNC(=O)N1CCC(N2C(=O)OC[C@@H]2Cc2ccccc2)CC1. The Hall–Kier alpha value is -2.77. The summed E-state index contributed by atoms with van der Waals surface area (Å²) >= 11 is 0. The number of nitrogens with zero attached hydrogens (tertiary/aromatic N) is 2. The lowest BCUT2D eigenvalue weighted by Crippen LogP contribution is -2.52. The summed E-state index contributed by atoms with van der Waals surface area (Å²) in [4.78, 5) is 39.9. The van der Waals surface area contributed by atoms with E-state index in [1.807, 2.05) is 28.0 Å². The van der Waals surface area contributed by atoms with Gasteiger partial charge < -0.3 is 19.7 Å². The number of piperidine rings is 1. The quantitative estimate of drug-likeness (QED) is 0.441. The molecule has 2 aliphatic rings. The molecule has 3 amide bonds. The smallest absolute Gasteiger partial charge is 0.410 e. The molecule has 0 unspecified atom stereocenters. The molecular weight excluding hydrogens is 410 g/mol. The van der Waals surface area contributed by atoms with E-state index in [1.165, 1.54) is 5.56 Å². The van der Waals surface area contributed by atoms with Crippen molar-refractivity contribution in [3.8, 4) is 0 Å². The molecule has 1 aromatic rings. The largest absolute Gasteiger partial charge is 0.466 e. The van der Waals surface area contributed by atoms with Crippen molar-refractivity contribution < 1.29 is 23.9 Å². The first-order chi connectivity index (χ1) is 15.6. The van der Waals surface area contributed by atoms with Crippen LogP contribution in [0, 0.1) is 0 Å². The lowest BCUT2D eigenvalue weighted by atomic mass is 9.99. The van der Waals surface area contributed by atoms with Gasteiger partial charge in [0.05, 0.1) is 12.6 Å². The highest BCUT2D eigenvalue weighted by atomic mass is 16.6. The van der Waals surface area contributed by atoms with Crippen LogP contribution < -0.4 is 5.32 Å². The van der Waals surface area contributed by atoms with E-state index in [4.69, 9.17) is 9.47 Å². The van der Waals surface area contributed by atoms with E-state index in [0.717, 1.165) is 38.5 Å². The third-order valence-corrected chi connectivity index (χ3v) is 6.10. The average Bonchev–Trinajstić information content (AvgIpc) is 3.16. The molecular formula is C24H35N3O5. The van der Waals surface area contributed by atoms with Crippen molar-refractivity contribution in [3.63, 3.8) is 0 Å². The molecule has 1 atom stereocenters. The second-order valence-electron chi connectivity index (χ2n) is 8.39. The number of nitrogens with one attached hydrogen (secondary N) is 1. The molecule has 8 nitrogen and oxygen atoms in total. The molecule has 0 spiro atoms. The molecule has 2 aliphatic heterocycles. The Bertz CT molecular complexity index is 749. The van der Waals surface area contributed by atoms with Crippen molar-refractivity contribution in [2.75, 3.05) is 32.8 Å². The fourth-order valence-electron chi connectivity index (χ4n) is 4.42. The van der Waals surface area contributed by atoms with Gasteiger partial charge in [0.25, 0.3) is 0 Å². The standard InChI is InChI=1S/C24H35N3O5/c1-2-31-22(28)11-7-4-8-14-25-23(29)26-15-12-20(13-16-26)27-21(18-32-24(27)30)17-19-9-5-3-6-10-19/h3,5-6,9-10,20-21H,2,4,7-8,11-18H2,1H3,(H,25,29)/t21-/m0/s1. The minimum absolute atomic E-state index is 0.0462. The van der Waals surface area contributed by atoms with Gasteiger partial charge in [-0.25, -0.2) is 9.59 Å². The maximum atomic E-state index is 12.5. The zero-order valence-electron chi connectivity index (χ0n) is 19.0. The van der Waals surface area contributed by atoms with E-state index in [-0.39, 0.29) is 30.2 Å². The molecule has 1 aromatic carbocycles. The number of likely N-dealkylation sites (tertiary alicyclic amines) is 1. The van der Waals surface area contributed by atoms with Crippen molar-refractivity contribution in [2.45, 2.75) is 64.0 Å². The van der Waals surface area contributed by atoms with E-state index in [9.17, 15) is 14.4 Å². The first-order valence-electron chi connectivity index (χ1n) is 11.8. The van der Waals surface area contributed by atoms with E-state index in [1.54, 1.807) is 6.92 Å². The van der Waals surface area contributed by atoms with Crippen LogP contribution in [-0.4, -0.2) is 72.8 Å². The van der Waals surface area contributed by atoms with Gasteiger partial charge >= 0.3 is 18.1 Å². The monoisotopic (exact) mass is 445 g/mol. The van der Waals surface area contributed by atoms with Crippen LogP contribution in [0.2, 0.25) is 0 Å². The van der Waals surface area contributed by atoms with Crippen LogP contribution in [0.3, 0.4) is 0 Å². The zero-order chi connectivity index (χ0) is 22.8. The molecule has 1 N–H and O–H groups in total. The number of cyclic esters (lactones) is 1. The second kappa shape index (κ2) is 12.3. The summed E-state index contributed by atoms with van der Waals surface area (Å²) in [5.74, 6) is -0.160. The highest BCUT2D eigenvalue weighted by Gasteiger charge is 2.39. The fourth-order valence-corrected chi connectivity index (χ4v) is 4.42. The Balaban J connectivity index is 1.36. The molecule has 32 heavy (non-hydrogen) atoms. The maximum absolute atomic E-state index is 12.5. The third-order valence-electron chi connectivity index (χ3n) is 6.10. The lowest BCUT2D eigenvalue weighted by molar-refractivity contribution is -0.143. The van der Waals surface area contributed by atoms with Gasteiger partial charge in [-0.15, -0.1) is 0 Å². The molecule has 0 aromatic heterocycles. The number of rotatable bonds is 10. The van der Waals surface area contributed by atoms with Gasteiger partial charge in [-0.05, 0) is 44.6 Å². The number of benzene rings is 1. The minimum Gasteiger partial charge on any atom is -0.466 e. The fraction of sp³-hybridized carbons (Fsp3) is 0.625. The van der Waals surface area contributed by atoms with Gasteiger partial charge in [0.2, 0.25) is 0 Å². The Kier molecular flexibility index (Phi) is 9.19. The van der Waals surface area contributed by atoms with Gasteiger partial charge in [0.1, 0.15) is 6.61 Å². The van der Waals surface area contributed by atoms with E-state index < -0.39 is 0 Å². The molecule has 3 rings (SSSR count). The number of unbranched alkanes of at least 4 members (excludes halogenated alkanes) is 2. The predicted octanol–water partition coefficient (Wildman–Crippen LogP) is 3.35. The van der Waals surface area contributed by atoms with Crippen LogP contribution in [-0.2, 0) is 20.7 Å². The van der Waals surface area contributed by atoms with Crippen LogP contribution >= 0.6 is 0 Å². The third kappa shape index (κ3) is 6.87.